The highest BCUT2D eigenvalue weighted by Crippen LogP contribution is 2.27. The fourth-order valence-electron chi connectivity index (χ4n) is 3.07. The van der Waals surface area contributed by atoms with Crippen molar-refractivity contribution in [2.45, 2.75) is 26.4 Å². The van der Waals surface area contributed by atoms with Crippen LogP contribution in [-0.4, -0.2) is 31.4 Å². The van der Waals surface area contributed by atoms with Gasteiger partial charge in [-0.05, 0) is 31.2 Å². The van der Waals surface area contributed by atoms with Crippen molar-refractivity contribution in [2.75, 3.05) is 5.32 Å². The van der Waals surface area contributed by atoms with Crippen LogP contribution in [0.5, 0.6) is 0 Å². The summed E-state index contributed by atoms with van der Waals surface area (Å²) in [7, 11) is 0. The predicted octanol–water partition coefficient (Wildman–Crippen LogP) is 4.50. The van der Waals surface area contributed by atoms with Gasteiger partial charge in [-0.25, -0.2) is 19.3 Å². The van der Waals surface area contributed by atoms with Crippen LogP contribution >= 0.6 is 0 Å². The number of hydrogen-bond acceptors (Lipinski definition) is 5. The predicted molar refractivity (Wildman–Crippen MR) is 102 cm³/mol. The van der Waals surface area contributed by atoms with Gasteiger partial charge in [0.15, 0.2) is 5.89 Å². The third kappa shape index (κ3) is 4.39. The Bertz CT molecular complexity index is 1290. The van der Waals surface area contributed by atoms with Gasteiger partial charge in [0.1, 0.15) is 5.82 Å². The van der Waals surface area contributed by atoms with Gasteiger partial charge in [0, 0.05) is 30.6 Å². The minimum atomic E-state index is -4.40. The number of aryl methyl sites for hydroxylation is 2. The fourth-order valence-corrected chi connectivity index (χ4v) is 3.07. The number of rotatable bonds is 4. The fraction of sp³-hybridized carbons (Fsp3) is 0.200. The lowest BCUT2D eigenvalue weighted by Crippen LogP contribution is -2.13. The zero-order chi connectivity index (χ0) is 22.3. The van der Waals surface area contributed by atoms with Gasteiger partial charge in [0.05, 0.1) is 23.5 Å². The summed E-state index contributed by atoms with van der Waals surface area (Å²) >= 11 is 0. The van der Waals surface area contributed by atoms with Crippen LogP contribution < -0.4 is 5.32 Å². The van der Waals surface area contributed by atoms with Crippen molar-refractivity contribution >= 4 is 17.4 Å². The molecular weight excluding hydrogens is 418 g/mol. The first-order valence-corrected chi connectivity index (χ1v) is 9.06. The number of amides is 1. The molecule has 4 rings (SSSR count). The maximum absolute atomic E-state index is 14.5. The van der Waals surface area contributed by atoms with E-state index in [1.807, 2.05) is 0 Å². The molecule has 7 nitrogen and oxygen atoms in total. The van der Waals surface area contributed by atoms with Gasteiger partial charge in [-0.3, -0.25) is 9.20 Å². The number of aromatic nitrogens is 4. The van der Waals surface area contributed by atoms with Gasteiger partial charge >= 0.3 is 6.18 Å². The summed E-state index contributed by atoms with van der Waals surface area (Å²) in [5.74, 6) is -0.798. The van der Waals surface area contributed by atoms with E-state index in [-0.39, 0.29) is 34.2 Å². The van der Waals surface area contributed by atoms with Gasteiger partial charge in [-0.2, -0.15) is 13.2 Å². The Morgan fingerprint density at radius 1 is 1.16 bits per heavy atom. The molecule has 0 saturated carbocycles. The zero-order valence-electron chi connectivity index (χ0n) is 16.3. The number of halogens is 4. The number of fused-ring (bicyclic) bond motifs is 1. The SMILES string of the molecule is Cc1nc(C)c(C(=O)Nc2ccc(F)c(-c3cn4ccc(CC(F)(F)F)nc4n3)c2)o1. The highest BCUT2D eigenvalue weighted by Gasteiger charge is 2.28. The van der Waals surface area contributed by atoms with E-state index in [9.17, 15) is 22.4 Å². The molecule has 0 aliphatic rings. The second-order valence-corrected chi connectivity index (χ2v) is 6.84. The molecule has 3 heterocycles. The van der Waals surface area contributed by atoms with Crippen molar-refractivity contribution < 1.29 is 26.8 Å². The molecule has 0 aliphatic carbocycles. The summed E-state index contributed by atoms with van der Waals surface area (Å²) in [4.78, 5) is 24.5. The van der Waals surface area contributed by atoms with Gasteiger partial charge < -0.3 is 9.73 Å². The van der Waals surface area contributed by atoms with Crippen molar-refractivity contribution in [3.8, 4) is 11.3 Å². The van der Waals surface area contributed by atoms with E-state index in [0.29, 0.717) is 11.6 Å². The first-order chi connectivity index (χ1) is 14.6. The summed E-state index contributed by atoms with van der Waals surface area (Å²) < 4.78 is 58.9. The van der Waals surface area contributed by atoms with E-state index < -0.39 is 24.3 Å². The molecule has 31 heavy (non-hydrogen) atoms. The maximum Gasteiger partial charge on any atom is 0.394 e. The van der Waals surface area contributed by atoms with E-state index in [0.717, 1.165) is 6.07 Å². The zero-order valence-corrected chi connectivity index (χ0v) is 16.3. The molecule has 0 radical (unpaired) electrons. The number of imidazole rings is 1. The smallest absolute Gasteiger partial charge is 0.394 e. The largest absolute Gasteiger partial charge is 0.436 e. The Morgan fingerprint density at radius 3 is 2.61 bits per heavy atom. The molecule has 0 unspecified atom stereocenters. The topological polar surface area (TPSA) is 85.3 Å². The van der Waals surface area contributed by atoms with Gasteiger partial charge in [0.25, 0.3) is 5.91 Å². The average molecular weight is 433 g/mol. The summed E-state index contributed by atoms with van der Waals surface area (Å²) in [6.45, 7) is 3.23. The summed E-state index contributed by atoms with van der Waals surface area (Å²) in [6.07, 6.45) is -2.78. The number of alkyl halides is 3. The summed E-state index contributed by atoms with van der Waals surface area (Å²) in [6, 6.07) is 5.10. The molecule has 0 aliphatic heterocycles. The number of nitrogens with one attached hydrogen (secondary N) is 1. The van der Waals surface area contributed by atoms with Crippen molar-refractivity contribution in [1.82, 2.24) is 19.4 Å². The van der Waals surface area contributed by atoms with Crippen molar-refractivity contribution in [2.24, 2.45) is 0 Å². The monoisotopic (exact) mass is 433 g/mol. The Balaban J connectivity index is 1.64. The van der Waals surface area contributed by atoms with Crippen LogP contribution in [0.25, 0.3) is 17.0 Å². The summed E-state index contributed by atoms with van der Waals surface area (Å²) in [5.41, 5.74) is 0.690. The standard InChI is InChI=1S/C20H15F4N5O2/c1-10-17(31-11(2)25-10)18(30)26-12-3-4-15(21)14(7-12)16-9-29-6-5-13(8-20(22,23)24)27-19(29)28-16/h3-7,9H,8H2,1-2H3,(H,26,30). The second-order valence-electron chi connectivity index (χ2n) is 6.84. The third-order valence-electron chi connectivity index (χ3n) is 4.38. The van der Waals surface area contributed by atoms with Crippen LogP contribution in [0.1, 0.15) is 27.8 Å². The number of anilines is 1. The van der Waals surface area contributed by atoms with E-state index in [4.69, 9.17) is 4.42 Å². The minimum Gasteiger partial charge on any atom is -0.436 e. The van der Waals surface area contributed by atoms with Crippen LogP contribution in [0.2, 0.25) is 0 Å². The lowest BCUT2D eigenvalue weighted by molar-refractivity contribution is -0.127. The molecule has 0 saturated heterocycles. The molecule has 0 bridgehead atoms. The number of hydrogen-bond donors (Lipinski definition) is 1. The molecule has 0 fully saturated rings. The first-order valence-electron chi connectivity index (χ1n) is 9.06. The molecule has 1 aromatic carbocycles. The van der Waals surface area contributed by atoms with Gasteiger partial charge in [0.2, 0.25) is 11.5 Å². The van der Waals surface area contributed by atoms with Crippen molar-refractivity contribution in [1.29, 1.82) is 0 Å². The van der Waals surface area contributed by atoms with Crippen LogP contribution in [0.3, 0.4) is 0 Å². The number of benzene rings is 1. The minimum absolute atomic E-state index is 0.00153. The van der Waals surface area contributed by atoms with Gasteiger partial charge in [-0.1, -0.05) is 0 Å². The quantitative estimate of drug-likeness (QED) is 0.479. The number of carbonyl (C=O) groups excluding carboxylic acids is 1. The van der Waals surface area contributed by atoms with Crippen molar-refractivity contribution in [3.63, 3.8) is 0 Å². The maximum atomic E-state index is 14.5. The third-order valence-corrected chi connectivity index (χ3v) is 4.38. The molecule has 1 N–H and O–H groups in total. The number of carbonyl (C=O) groups is 1. The molecule has 1 amide bonds. The van der Waals surface area contributed by atoms with Crippen molar-refractivity contribution in [3.05, 3.63) is 65.5 Å². The molecule has 160 valence electrons. The first kappa shape index (κ1) is 20.5. The molecule has 3 aromatic heterocycles. The van der Waals surface area contributed by atoms with Crippen LogP contribution in [-0.2, 0) is 6.42 Å². The Kier molecular flexibility index (Phi) is 4.96. The van der Waals surface area contributed by atoms with Gasteiger partial charge in [-0.15, -0.1) is 0 Å². The number of nitrogens with zero attached hydrogens (tertiary/aromatic N) is 4. The van der Waals surface area contributed by atoms with E-state index in [2.05, 4.69) is 20.3 Å². The molecular formula is C20H15F4N5O2. The number of oxazole rings is 1. The molecule has 11 heteroatoms. The van der Waals surface area contributed by atoms with E-state index in [1.165, 1.54) is 35.0 Å². The summed E-state index contributed by atoms with van der Waals surface area (Å²) in [5, 5.41) is 2.60. The normalized spacial score (nSPS) is 11.8. The Hall–Kier alpha value is -3.76. The highest BCUT2D eigenvalue weighted by molar-refractivity contribution is 6.03. The molecule has 4 aromatic rings. The van der Waals surface area contributed by atoms with E-state index >= 15 is 0 Å². The van der Waals surface area contributed by atoms with E-state index in [1.54, 1.807) is 13.8 Å². The lowest BCUT2D eigenvalue weighted by atomic mass is 10.1. The molecule has 0 spiro atoms. The average Bonchev–Trinajstić information content (AvgIpc) is 3.24. The Labute approximate surface area is 172 Å². The van der Waals surface area contributed by atoms with Crippen LogP contribution in [0.4, 0.5) is 23.2 Å². The second kappa shape index (κ2) is 7.49. The Morgan fingerprint density at radius 2 is 1.94 bits per heavy atom. The van der Waals surface area contributed by atoms with Crippen LogP contribution in [0, 0.1) is 19.7 Å². The molecule has 0 atom stereocenters. The highest BCUT2D eigenvalue weighted by atomic mass is 19.4. The van der Waals surface area contributed by atoms with Crippen LogP contribution in [0.15, 0.2) is 41.1 Å². The lowest BCUT2D eigenvalue weighted by Gasteiger charge is -2.06.